The highest BCUT2D eigenvalue weighted by Crippen LogP contribution is 2.16. The van der Waals surface area contributed by atoms with Crippen LogP contribution in [0.25, 0.3) is 0 Å². The molecule has 0 aromatic carbocycles. The first-order valence-corrected chi connectivity index (χ1v) is 5.63. The number of nitrogens with one attached hydrogen (secondary N) is 1. The molecule has 5 heteroatoms. The van der Waals surface area contributed by atoms with E-state index in [0.717, 1.165) is 19.4 Å². The van der Waals surface area contributed by atoms with Gasteiger partial charge in [0.15, 0.2) is 5.60 Å². The summed E-state index contributed by atoms with van der Waals surface area (Å²) >= 11 is 0. The van der Waals surface area contributed by atoms with Gasteiger partial charge in [-0.15, -0.1) is 0 Å². The second-order valence-corrected chi connectivity index (χ2v) is 4.49. The van der Waals surface area contributed by atoms with Crippen molar-refractivity contribution in [3.8, 4) is 0 Å². The van der Waals surface area contributed by atoms with Crippen molar-refractivity contribution in [1.82, 2.24) is 5.32 Å². The lowest BCUT2D eigenvalue weighted by Crippen LogP contribution is -2.50. The summed E-state index contributed by atoms with van der Waals surface area (Å²) in [5.41, 5.74) is -1.48. The Morgan fingerprint density at radius 3 is 2.94 bits per heavy atom. The molecule has 94 valence electrons. The van der Waals surface area contributed by atoms with E-state index in [1.165, 1.54) is 14.0 Å². The van der Waals surface area contributed by atoms with Gasteiger partial charge >= 0.3 is 5.97 Å². The minimum atomic E-state index is -1.48. The van der Waals surface area contributed by atoms with E-state index in [-0.39, 0.29) is 18.7 Å². The molecular weight excluding hydrogens is 210 g/mol. The number of ether oxygens (including phenoxy) is 2. The average Bonchev–Trinajstić information content (AvgIpc) is 2.78. The van der Waals surface area contributed by atoms with Gasteiger partial charge in [0, 0.05) is 19.2 Å². The second kappa shape index (κ2) is 5.61. The molecule has 0 amide bonds. The standard InChI is InChI=1S/C11H21NO4/c1-8(9-5-4-6-16-9)12-7-11(2,14)10(13)15-3/h8-9,12,14H,4-7H2,1-3H3/t8-,9+,11+/m0/s1. The second-order valence-electron chi connectivity index (χ2n) is 4.49. The van der Waals surface area contributed by atoms with E-state index < -0.39 is 11.6 Å². The van der Waals surface area contributed by atoms with Crippen LogP contribution >= 0.6 is 0 Å². The molecular formula is C11H21NO4. The van der Waals surface area contributed by atoms with Crippen LogP contribution in [0.1, 0.15) is 26.7 Å². The van der Waals surface area contributed by atoms with Crippen molar-refractivity contribution < 1.29 is 19.4 Å². The van der Waals surface area contributed by atoms with Gasteiger partial charge in [0.2, 0.25) is 0 Å². The maximum absolute atomic E-state index is 11.2. The minimum absolute atomic E-state index is 0.124. The molecule has 1 aliphatic heterocycles. The Labute approximate surface area is 96.1 Å². The number of hydrogen-bond donors (Lipinski definition) is 2. The van der Waals surface area contributed by atoms with Gasteiger partial charge in [0.1, 0.15) is 0 Å². The molecule has 5 nitrogen and oxygen atoms in total. The third kappa shape index (κ3) is 3.43. The summed E-state index contributed by atoms with van der Waals surface area (Å²) in [6.07, 6.45) is 2.27. The molecule has 1 saturated heterocycles. The van der Waals surface area contributed by atoms with E-state index >= 15 is 0 Å². The third-order valence-electron chi connectivity index (χ3n) is 2.92. The highest BCUT2D eigenvalue weighted by molar-refractivity contribution is 5.78. The number of methoxy groups -OCH3 is 1. The Hall–Kier alpha value is -0.650. The zero-order chi connectivity index (χ0) is 12.2. The van der Waals surface area contributed by atoms with Crippen LogP contribution in [-0.2, 0) is 14.3 Å². The first-order valence-electron chi connectivity index (χ1n) is 5.63. The number of rotatable bonds is 5. The quantitative estimate of drug-likeness (QED) is 0.655. The average molecular weight is 231 g/mol. The van der Waals surface area contributed by atoms with Crippen molar-refractivity contribution in [2.45, 2.75) is 44.4 Å². The zero-order valence-electron chi connectivity index (χ0n) is 10.2. The van der Waals surface area contributed by atoms with Crippen molar-refractivity contribution in [2.75, 3.05) is 20.3 Å². The van der Waals surface area contributed by atoms with Gasteiger partial charge in [0.05, 0.1) is 13.2 Å². The molecule has 0 saturated carbocycles. The maximum Gasteiger partial charge on any atom is 0.338 e. The van der Waals surface area contributed by atoms with Gasteiger partial charge in [0.25, 0.3) is 0 Å². The monoisotopic (exact) mass is 231 g/mol. The highest BCUT2D eigenvalue weighted by Gasteiger charge is 2.32. The molecule has 0 aromatic heterocycles. The first-order chi connectivity index (χ1) is 7.47. The molecule has 3 atom stereocenters. The third-order valence-corrected chi connectivity index (χ3v) is 2.92. The fourth-order valence-electron chi connectivity index (χ4n) is 1.78. The lowest BCUT2D eigenvalue weighted by atomic mass is 10.1. The minimum Gasteiger partial charge on any atom is -0.467 e. The Balaban J connectivity index is 2.35. The van der Waals surface area contributed by atoms with Crippen LogP contribution < -0.4 is 5.32 Å². The van der Waals surface area contributed by atoms with Gasteiger partial charge in [-0.05, 0) is 26.7 Å². The number of aliphatic hydroxyl groups is 1. The molecule has 1 heterocycles. The summed E-state index contributed by atoms with van der Waals surface area (Å²) in [6.45, 7) is 4.39. The number of hydrogen-bond acceptors (Lipinski definition) is 5. The summed E-state index contributed by atoms with van der Waals surface area (Å²) in [4.78, 5) is 11.2. The summed E-state index contributed by atoms with van der Waals surface area (Å²) in [5.74, 6) is -0.625. The number of esters is 1. The van der Waals surface area contributed by atoms with Gasteiger partial charge in [-0.1, -0.05) is 0 Å². The lowest BCUT2D eigenvalue weighted by Gasteiger charge is -2.25. The van der Waals surface area contributed by atoms with Crippen molar-refractivity contribution in [1.29, 1.82) is 0 Å². The van der Waals surface area contributed by atoms with E-state index in [9.17, 15) is 9.90 Å². The van der Waals surface area contributed by atoms with Crippen molar-refractivity contribution in [3.63, 3.8) is 0 Å². The largest absolute Gasteiger partial charge is 0.467 e. The molecule has 1 fully saturated rings. The maximum atomic E-state index is 11.2. The molecule has 2 N–H and O–H groups in total. The number of carbonyl (C=O) groups is 1. The normalized spacial score (nSPS) is 26.1. The predicted octanol–water partition coefficient (Wildman–Crippen LogP) is 0.0675. The molecule has 0 radical (unpaired) electrons. The van der Waals surface area contributed by atoms with Crippen molar-refractivity contribution in [3.05, 3.63) is 0 Å². The van der Waals surface area contributed by atoms with E-state index in [1.807, 2.05) is 6.92 Å². The molecule has 0 aliphatic carbocycles. The van der Waals surface area contributed by atoms with E-state index in [1.54, 1.807) is 0 Å². The molecule has 0 bridgehead atoms. The molecule has 16 heavy (non-hydrogen) atoms. The summed E-state index contributed by atoms with van der Waals surface area (Å²) in [6, 6.07) is 0.124. The van der Waals surface area contributed by atoms with Crippen LogP contribution in [0.3, 0.4) is 0 Å². The fraction of sp³-hybridized carbons (Fsp3) is 0.909. The smallest absolute Gasteiger partial charge is 0.338 e. The lowest BCUT2D eigenvalue weighted by molar-refractivity contribution is -0.160. The summed E-state index contributed by atoms with van der Waals surface area (Å²) in [7, 11) is 1.26. The molecule has 0 aromatic rings. The summed E-state index contributed by atoms with van der Waals surface area (Å²) < 4.78 is 10.0. The van der Waals surface area contributed by atoms with Gasteiger partial charge in [-0.3, -0.25) is 0 Å². The van der Waals surface area contributed by atoms with Gasteiger partial charge in [-0.25, -0.2) is 4.79 Å². The molecule has 1 aliphatic rings. The van der Waals surface area contributed by atoms with E-state index in [2.05, 4.69) is 10.1 Å². The Morgan fingerprint density at radius 2 is 2.44 bits per heavy atom. The van der Waals surface area contributed by atoms with Crippen molar-refractivity contribution >= 4 is 5.97 Å². The van der Waals surface area contributed by atoms with Crippen molar-refractivity contribution in [2.24, 2.45) is 0 Å². The fourth-order valence-corrected chi connectivity index (χ4v) is 1.78. The van der Waals surface area contributed by atoms with Crippen LogP contribution in [0, 0.1) is 0 Å². The van der Waals surface area contributed by atoms with Crippen LogP contribution in [-0.4, -0.2) is 49.1 Å². The van der Waals surface area contributed by atoms with Crippen LogP contribution in [0.4, 0.5) is 0 Å². The topological polar surface area (TPSA) is 67.8 Å². The predicted molar refractivity (Wildman–Crippen MR) is 59.1 cm³/mol. The zero-order valence-corrected chi connectivity index (χ0v) is 10.2. The molecule has 1 rings (SSSR count). The Morgan fingerprint density at radius 1 is 1.75 bits per heavy atom. The van der Waals surface area contributed by atoms with Crippen LogP contribution in [0.2, 0.25) is 0 Å². The Bertz CT molecular complexity index is 236. The van der Waals surface area contributed by atoms with Crippen LogP contribution in [0.5, 0.6) is 0 Å². The van der Waals surface area contributed by atoms with Gasteiger partial charge < -0.3 is 19.9 Å². The first kappa shape index (κ1) is 13.4. The SMILES string of the molecule is COC(=O)[C@](C)(O)CN[C@@H](C)[C@H]1CCCO1. The van der Waals surface area contributed by atoms with E-state index in [4.69, 9.17) is 4.74 Å². The Kier molecular flexibility index (Phi) is 4.70. The van der Waals surface area contributed by atoms with Gasteiger partial charge in [-0.2, -0.15) is 0 Å². The summed E-state index contributed by atoms with van der Waals surface area (Å²) in [5, 5.41) is 12.9. The van der Waals surface area contributed by atoms with E-state index in [0.29, 0.717) is 0 Å². The number of carbonyl (C=O) groups excluding carboxylic acids is 1. The molecule has 0 spiro atoms. The highest BCUT2D eigenvalue weighted by atomic mass is 16.5. The van der Waals surface area contributed by atoms with Crippen LogP contribution in [0.15, 0.2) is 0 Å². The molecule has 0 unspecified atom stereocenters.